The molecule has 2 aromatic rings. The number of anilines is 1. The Morgan fingerprint density at radius 3 is 2.22 bits per heavy atom. The molecule has 2 rings (SSSR count). The lowest BCUT2D eigenvalue weighted by molar-refractivity contribution is -0.124. The Morgan fingerprint density at radius 2 is 1.65 bits per heavy atom. The Bertz CT molecular complexity index is 691. The van der Waals surface area contributed by atoms with Crippen LogP contribution < -0.4 is 16.2 Å². The molecular weight excluding hydrogens is 298 g/mol. The van der Waals surface area contributed by atoms with Crippen LogP contribution in [0.1, 0.15) is 34.8 Å². The van der Waals surface area contributed by atoms with E-state index in [4.69, 9.17) is 4.42 Å². The van der Waals surface area contributed by atoms with E-state index in [9.17, 15) is 14.4 Å². The summed E-state index contributed by atoms with van der Waals surface area (Å²) < 4.78 is 4.99. The molecule has 7 nitrogen and oxygen atoms in total. The summed E-state index contributed by atoms with van der Waals surface area (Å²) in [6.45, 7) is 3.44. The van der Waals surface area contributed by atoms with Crippen LogP contribution in [0.2, 0.25) is 0 Å². The molecule has 3 amide bonds. The largest absolute Gasteiger partial charge is 0.459 e. The number of carbonyl (C=O) groups excluding carboxylic acids is 3. The van der Waals surface area contributed by atoms with Crippen LogP contribution in [0.3, 0.4) is 0 Å². The van der Waals surface area contributed by atoms with Crippen molar-refractivity contribution in [1.82, 2.24) is 10.9 Å². The molecular formula is C16H17N3O4. The highest BCUT2D eigenvalue weighted by Crippen LogP contribution is 2.11. The summed E-state index contributed by atoms with van der Waals surface area (Å²) in [5.74, 6) is -1.13. The maximum absolute atomic E-state index is 11.9. The fourth-order valence-electron chi connectivity index (χ4n) is 1.64. The summed E-state index contributed by atoms with van der Waals surface area (Å²) in [5.41, 5.74) is 5.52. The second-order valence-corrected chi connectivity index (χ2v) is 5.11. The summed E-state index contributed by atoms with van der Waals surface area (Å²) in [6.07, 6.45) is 1.41. The lowest BCUT2D eigenvalue weighted by atomic mass is 10.2. The van der Waals surface area contributed by atoms with Crippen LogP contribution in [0.15, 0.2) is 47.1 Å². The number of hydrogen-bond acceptors (Lipinski definition) is 4. The van der Waals surface area contributed by atoms with Crippen molar-refractivity contribution >= 4 is 23.4 Å². The van der Waals surface area contributed by atoms with Crippen LogP contribution in [0, 0.1) is 5.92 Å². The summed E-state index contributed by atoms with van der Waals surface area (Å²) in [6, 6.07) is 9.41. The van der Waals surface area contributed by atoms with Crippen LogP contribution in [0.4, 0.5) is 5.69 Å². The van der Waals surface area contributed by atoms with Gasteiger partial charge in [0, 0.05) is 17.2 Å². The van der Waals surface area contributed by atoms with Gasteiger partial charge in [0.1, 0.15) is 0 Å². The summed E-state index contributed by atoms with van der Waals surface area (Å²) in [7, 11) is 0. The number of carbonyl (C=O) groups is 3. The van der Waals surface area contributed by atoms with Gasteiger partial charge in [-0.2, -0.15) is 0 Å². The van der Waals surface area contributed by atoms with Crippen LogP contribution in [0.25, 0.3) is 0 Å². The first-order valence-electron chi connectivity index (χ1n) is 7.02. The molecule has 0 spiro atoms. The maximum Gasteiger partial charge on any atom is 0.291 e. The van der Waals surface area contributed by atoms with Crippen molar-refractivity contribution in [1.29, 1.82) is 0 Å². The Hall–Kier alpha value is -3.09. The van der Waals surface area contributed by atoms with Gasteiger partial charge in [0.15, 0.2) is 5.76 Å². The van der Waals surface area contributed by atoms with Crippen molar-refractivity contribution in [2.24, 2.45) is 5.92 Å². The number of benzene rings is 1. The van der Waals surface area contributed by atoms with E-state index < -0.39 is 5.91 Å². The van der Waals surface area contributed by atoms with Crippen LogP contribution in [0.5, 0.6) is 0 Å². The number of nitrogens with one attached hydrogen (secondary N) is 3. The SMILES string of the molecule is CC(C)C(=O)NNC(=O)c1ccc(NC(=O)c2ccco2)cc1. The van der Waals surface area contributed by atoms with Gasteiger partial charge in [-0.1, -0.05) is 13.8 Å². The smallest absolute Gasteiger partial charge is 0.291 e. The molecule has 23 heavy (non-hydrogen) atoms. The molecule has 0 saturated carbocycles. The molecule has 1 aromatic heterocycles. The third-order valence-electron chi connectivity index (χ3n) is 2.97. The van der Waals surface area contributed by atoms with E-state index >= 15 is 0 Å². The lowest BCUT2D eigenvalue weighted by Gasteiger charge is -2.09. The third kappa shape index (κ3) is 4.44. The fourth-order valence-corrected chi connectivity index (χ4v) is 1.64. The molecule has 0 aliphatic carbocycles. The first kappa shape index (κ1) is 16.3. The highest BCUT2D eigenvalue weighted by atomic mass is 16.3. The molecule has 0 bridgehead atoms. The lowest BCUT2D eigenvalue weighted by Crippen LogP contribution is -2.43. The van der Waals surface area contributed by atoms with Gasteiger partial charge in [-0.25, -0.2) is 0 Å². The van der Waals surface area contributed by atoms with Crippen LogP contribution in [-0.4, -0.2) is 17.7 Å². The predicted octanol–water partition coefficient (Wildman–Crippen LogP) is 1.95. The quantitative estimate of drug-likeness (QED) is 0.751. The first-order chi connectivity index (χ1) is 11.0. The van der Waals surface area contributed by atoms with Crippen molar-refractivity contribution in [3.05, 3.63) is 54.0 Å². The molecule has 0 unspecified atom stereocenters. The zero-order valence-corrected chi connectivity index (χ0v) is 12.8. The minimum atomic E-state index is -0.442. The third-order valence-corrected chi connectivity index (χ3v) is 2.97. The summed E-state index contributed by atoms with van der Waals surface area (Å²) in [5, 5.41) is 2.64. The molecule has 0 saturated heterocycles. The van der Waals surface area contributed by atoms with Crippen molar-refractivity contribution < 1.29 is 18.8 Å². The minimum Gasteiger partial charge on any atom is -0.459 e. The number of hydrazine groups is 1. The van der Waals surface area contributed by atoms with E-state index in [0.717, 1.165) is 0 Å². The molecule has 0 atom stereocenters. The Kier molecular flexibility index (Phi) is 5.14. The van der Waals surface area contributed by atoms with E-state index in [2.05, 4.69) is 16.2 Å². The van der Waals surface area contributed by atoms with Crippen molar-refractivity contribution in [2.45, 2.75) is 13.8 Å². The van der Waals surface area contributed by atoms with Crippen molar-refractivity contribution in [3.63, 3.8) is 0 Å². The van der Waals surface area contributed by atoms with E-state index in [1.807, 2.05) is 0 Å². The van der Waals surface area contributed by atoms with E-state index in [0.29, 0.717) is 11.3 Å². The number of hydrogen-bond donors (Lipinski definition) is 3. The van der Waals surface area contributed by atoms with Crippen molar-refractivity contribution in [2.75, 3.05) is 5.32 Å². The molecule has 7 heteroatoms. The molecule has 0 aliphatic heterocycles. The van der Waals surface area contributed by atoms with Gasteiger partial charge < -0.3 is 9.73 Å². The average Bonchev–Trinajstić information content (AvgIpc) is 3.07. The molecule has 1 heterocycles. The molecule has 0 fully saturated rings. The molecule has 120 valence electrons. The Labute approximate surface area is 133 Å². The summed E-state index contributed by atoms with van der Waals surface area (Å²) in [4.78, 5) is 35.1. The topological polar surface area (TPSA) is 100 Å². The zero-order chi connectivity index (χ0) is 16.8. The normalized spacial score (nSPS) is 10.2. The van der Waals surface area contributed by atoms with Gasteiger partial charge >= 0.3 is 0 Å². The average molecular weight is 315 g/mol. The second kappa shape index (κ2) is 7.26. The maximum atomic E-state index is 11.9. The highest BCUT2D eigenvalue weighted by molar-refractivity contribution is 6.02. The monoisotopic (exact) mass is 315 g/mol. The van der Waals surface area contributed by atoms with Gasteiger partial charge in [0.05, 0.1) is 6.26 Å². The zero-order valence-electron chi connectivity index (χ0n) is 12.8. The van der Waals surface area contributed by atoms with Gasteiger partial charge in [-0.05, 0) is 36.4 Å². The Morgan fingerprint density at radius 1 is 0.957 bits per heavy atom. The van der Waals surface area contributed by atoms with E-state index in [1.165, 1.54) is 18.4 Å². The standard InChI is InChI=1S/C16H17N3O4/c1-10(2)14(20)18-19-15(21)11-5-7-12(8-6-11)17-16(22)13-4-3-9-23-13/h3-10H,1-2H3,(H,17,22)(H,18,20)(H,19,21). The number of amides is 3. The molecule has 0 aliphatic rings. The first-order valence-corrected chi connectivity index (χ1v) is 7.02. The minimum absolute atomic E-state index is 0.197. The van der Waals surface area contributed by atoms with Gasteiger partial charge in [-0.3, -0.25) is 25.2 Å². The number of rotatable bonds is 4. The van der Waals surface area contributed by atoms with Gasteiger partial charge in [0.25, 0.3) is 11.8 Å². The van der Waals surface area contributed by atoms with Gasteiger partial charge in [-0.15, -0.1) is 0 Å². The van der Waals surface area contributed by atoms with Crippen molar-refractivity contribution in [3.8, 4) is 0 Å². The van der Waals surface area contributed by atoms with E-state index in [-0.39, 0.29) is 23.5 Å². The van der Waals surface area contributed by atoms with E-state index in [1.54, 1.807) is 38.1 Å². The number of furan rings is 1. The molecule has 1 aromatic carbocycles. The second-order valence-electron chi connectivity index (χ2n) is 5.11. The molecule has 3 N–H and O–H groups in total. The Balaban J connectivity index is 1.92. The summed E-state index contributed by atoms with van der Waals surface area (Å²) >= 11 is 0. The van der Waals surface area contributed by atoms with Crippen LogP contribution >= 0.6 is 0 Å². The highest BCUT2D eigenvalue weighted by Gasteiger charge is 2.11. The van der Waals surface area contributed by atoms with Gasteiger partial charge in [0.2, 0.25) is 5.91 Å². The molecule has 0 radical (unpaired) electrons. The predicted molar refractivity (Wildman–Crippen MR) is 83.6 cm³/mol. The van der Waals surface area contributed by atoms with Crippen LogP contribution in [-0.2, 0) is 4.79 Å². The fraction of sp³-hybridized carbons (Fsp3) is 0.188.